The van der Waals surface area contributed by atoms with Crippen LogP contribution in [0.1, 0.15) is 20.3 Å². The maximum atomic E-state index is 5.20. The summed E-state index contributed by atoms with van der Waals surface area (Å²) in [5.41, 5.74) is 0. The topological polar surface area (TPSA) is 30.9 Å². The summed E-state index contributed by atoms with van der Waals surface area (Å²) in [6, 6.07) is 0.521. The molecule has 4 nitrogen and oxygen atoms in total. The predicted molar refractivity (Wildman–Crippen MR) is 61.0 cm³/mol. The average molecular weight is 219 g/mol. The average Bonchev–Trinajstić information content (AvgIpc) is 2.28. The van der Waals surface area contributed by atoms with Gasteiger partial charge >= 0.3 is 0 Å². The van der Waals surface area contributed by atoms with Gasteiger partial charge in [-0.25, -0.2) is 0 Å². The van der Waals surface area contributed by atoms with Crippen molar-refractivity contribution in [3.8, 4) is 0 Å². The van der Waals surface area contributed by atoms with Crippen molar-refractivity contribution < 1.29 is 14.2 Å². The molecule has 0 saturated heterocycles. The molecule has 0 N–H and O–H groups in total. The molecule has 0 saturated carbocycles. The van der Waals surface area contributed by atoms with Crippen molar-refractivity contribution in [1.82, 2.24) is 4.90 Å². The zero-order chi connectivity index (χ0) is 11.7. The molecular weight excluding hydrogens is 194 g/mol. The molecule has 0 aliphatic rings. The maximum absolute atomic E-state index is 5.20. The van der Waals surface area contributed by atoms with E-state index in [2.05, 4.69) is 18.7 Å². The second-order valence-electron chi connectivity index (χ2n) is 3.65. The molecule has 0 aliphatic carbocycles. The van der Waals surface area contributed by atoms with Crippen LogP contribution in [0.2, 0.25) is 0 Å². The Labute approximate surface area is 93.5 Å². The Morgan fingerprint density at radius 2 is 1.73 bits per heavy atom. The van der Waals surface area contributed by atoms with E-state index in [1.54, 1.807) is 21.3 Å². The molecule has 0 amide bonds. The Hall–Kier alpha value is -0.160. The van der Waals surface area contributed by atoms with Gasteiger partial charge < -0.3 is 14.2 Å². The van der Waals surface area contributed by atoms with Crippen LogP contribution in [-0.2, 0) is 14.2 Å². The van der Waals surface area contributed by atoms with Gasteiger partial charge in [0.25, 0.3) is 0 Å². The molecule has 0 rings (SSSR count). The van der Waals surface area contributed by atoms with Crippen molar-refractivity contribution in [2.45, 2.75) is 32.6 Å². The number of hydrogen-bond acceptors (Lipinski definition) is 4. The smallest absolute Gasteiger partial charge is 0.169 e. The first-order valence-electron chi connectivity index (χ1n) is 5.48. The highest BCUT2D eigenvalue weighted by Gasteiger charge is 2.16. The number of ether oxygens (including phenoxy) is 3. The summed E-state index contributed by atoms with van der Waals surface area (Å²) in [7, 11) is 5.05. The predicted octanol–water partition coefficient (Wildman–Crippen LogP) is 1.35. The highest BCUT2D eigenvalue weighted by molar-refractivity contribution is 4.67. The minimum absolute atomic E-state index is 0.157. The molecular formula is C11H25NO3. The fourth-order valence-corrected chi connectivity index (χ4v) is 1.40. The Morgan fingerprint density at radius 1 is 1.13 bits per heavy atom. The zero-order valence-electron chi connectivity index (χ0n) is 10.7. The fraction of sp³-hybridized carbons (Fsp3) is 1.00. The molecule has 0 radical (unpaired) electrons. The molecule has 0 aromatic heterocycles. The Morgan fingerprint density at radius 3 is 2.13 bits per heavy atom. The van der Waals surface area contributed by atoms with Gasteiger partial charge in [0.2, 0.25) is 0 Å². The van der Waals surface area contributed by atoms with Gasteiger partial charge in [-0.05, 0) is 13.3 Å². The number of hydrogen-bond donors (Lipinski definition) is 0. The van der Waals surface area contributed by atoms with E-state index in [1.165, 1.54) is 0 Å². The van der Waals surface area contributed by atoms with Crippen LogP contribution in [-0.4, -0.2) is 58.3 Å². The lowest BCUT2D eigenvalue weighted by atomic mass is 10.2. The molecule has 0 aliphatic heterocycles. The first kappa shape index (κ1) is 14.8. The van der Waals surface area contributed by atoms with Gasteiger partial charge in [-0.15, -0.1) is 0 Å². The Kier molecular flexibility index (Phi) is 9.00. The van der Waals surface area contributed by atoms with Crippen LogP contribution < -0.4 is 0 Å². The van der Waals surface area contributed by atoms with Gasteiger partial charge in [0.1, 0.15) is 0 Å². The molecule has 0 spiro atoms. The van der Waals surface area contributed by atoms with Gasteiger partial charge in [-0.3, -0.25) is 4.90 Å². The van der Waals surface area contributed by atoms with Gasteiger partial charge in [0.05, 0.1) is 6.61 Å². The standard InChI is InChI=1S/C11H25NO3/c1-6-10(2)12(7-8-13-3)9-11(14-4)15-5/h10-11H,6-9H2,1-5H3. The number of nitrogens with zero attached hydrogens (tertiary/aromatic N) is 1. The van der Waals surface area contributed by atoms with E-state index >= 15 is 0 Å². The first-order chi connectivity index (χ1) is 7.19. The lowest BCUT2D eigenvalue weighted by Crippen LogP contribution is -2.41. The van der Waals surface area contributed by atoms with Gasteiger partial charge in [-0.2, -0.15) is 0 Å². The molecule has 0 aromatic carbocycles. The van der Waals surface area contributed by atoms with Crippen LogP contribution in [0.4, 0.5) is 0 Å². The first-order valence-corrected chi connectivity index (χ1v) is 5.48. The van der Waals surface area contributed by atoms with Crippen molar-refractivity contribution in [3.05, 3.63) is 0 Å². The van der Waals surface area contributed by atoms with E-state index in [0.29, 0.717) is 6.04 Å². The SMILES string of the molecule is CCC(C)N(CCOC)CC(OC)OC. The van der Waals surface area contributed by atoms with E-state index in [4.69, 9.17) is 14.2 Å². The van der Waals surface area contributed by atoms with Crippen LogP contribution in [0.3, 0.4) is 0 Å². The lowest BCUT2D eigenvalue weighted by molar-refractivity contribution is -0.121. The van der Waals surface area contributed by atoms with E-state index in [0.717, 1.165) is 26.1 Å². The van der Waals surface area contributed by atoms with Crippen molar-refractivity contribution in [3.63, 3.8) is 0 Å². The maximum Gasteiger partial charge on any atom is 0.169 e. The molecule has 4 heteroatoms. The minimum atomic E-state index is -0.157. The van der Waals surface area contributed by atoms with Crippen LogP contribution in [0, 0.1) is 0 Å². The normalized spacial score (nSPS) is 13.8. The van der Waals surface area contributed by atoms with Crippen molar-refractivity contribution >= 4 is 0 Å². The molecule has 0 bridgehead atoms. The van der Waals surface area contributed by atoms with Crippen molar-refractivity contribution in [2.75, 3.05) is 41.0 Å². The summed E-state index contributed by atoms with van der Waals surface area (Å²) < 4.78 is 15.5. The van der Waals surface area contributed by atoms with E-state index < -0.39 is 0 Å². The van der Waals surface area contributed by atoms with Crippen LogP contribution >= 0.6 is 0 Å². The highest BCUT2D eigenvalue weighted by atomic mass is 16.7. The quantitative estimate of drug-likeness (QED) is 0.548. The molecule has 0 heterocycles. The minimum Gasteiger partial charge on any atom is -0.383 e. The second-order valence-corrected chi connectivity index (χ2v) is 3.65. The molecule has 1 atom stereocenters. The molecule has 15 heavy (non-hydrogen) atoms. The summed E-state index contributed by atoms with van der Waals surface area (Å²) in [4.78, 5) is 2.32. The molecule has 0 aromatic rings. The molecule has 0 fully saturated rings. The summed E-state index contributed by atoms with van der Waals surface area (Å²) in [5, 5.41) is 0. The highest BCUT2D eigenvalue weighted by Crippen LogP contribution is 2.06. The van der Waals surface area contributed by atoms with E-state index in [9.17, 15) is 0 Å². The Balaban J connectivity index is 4.09. The summed E-state index contributed by atoms with van der Waals surface area (Å²) in [6.45, 7) is 6.82. The number of methoxy groups -OCH3 is 3. The van der Waals surface area contributed by atoms with E-state index in [1.807, 2.05) is 0 Å². The van der Waals surface area contributed by atoms with Crippen LogP contribution in [0.5, 0.6) is 0 Å². The third kappa shape index (κ3) is 6.10. The summed E-state index contributed by atoms with van der Waals surface area (Å²) >= 11 is 0. The molecule has 1 unspecified atom stereocenters. The third-order valence-electron chi connectivity index (χ3n) is 2.71. The summed E-state index contributed by atoms with van der Waals surface area (Å²) in [6.07, 6.45) is 0.958. The zero-order valence-corrected chi connectivity index (χ0v) is 10.7. The fourth-order valence-electron chi connectivity index (χ4n) is 1.40. The second kappa shape index (κ2) is 9.09. The van der Waals surface area contributed by atoms with Crippen LogP contribution in [0.15, 0.2) is 0 Å². The third-order valence-corrected chi connectivity index (χ3v) is 2.71. The van der Waals surface area contributed by atoms with E-state index in [-0.39, 0.29) is 6.29 Å². The van der Waals surface area contributed by atoms with Gasteiger partial charge in [0.15, 0.2) is 6.29 Å². The van der Waals surface area contributed by atoms with Gasteiger partial charge in [-0.1, -0.05) is 6.92 Å². The van der Waals surface area contributed by atoms with Crippen molar-refractivity contribution in [2.24, 2.45) is 0 Å². The largest absolute Gasteiger partial charge is 0.383 e. The summed E-state index contributed by atoms with van der Waals surface area (Å²) in [5.74, 6) is 0. The Bertz CT molecular complexity index is 140. The van der Waals surface area contributed by atoms with Gasteiger partial charge in [0, 0.05) is 40.5 Å². The number of rotatable bonds is 9. The van der Waals surface area contributed by atoms with Crippen molar-refractivity contribution in [1.29, 1.82) is 0 Å². The molecule has 92 valence electrons. The monoisotopic (exact) mass is 219 g/mol. The van der Waals surface area contributed by atoms with Crippen LogP contribution in [0.25, 0.3) is 0 Å². The lowest BCUT2D eigenvalue weighted by Gasteiger charge is -2.30.